The number of methoxy groups -OCH3 is 1. The highest BCUT2D eigenvalue weighted by molar-refractivity contribution is 5.87. The van der Waals surface area contributed by atoms with E-state index in [4.69, 9.17) is 10.5 Å². The maximum atomic E-state index is 13.4. The molecule has 1 aliphatic rings. The minimum Gasteiger partial charge on any atom is -0.508 e. The molecule has 1 heterocycles. The van der Waals surface area contributed by atoms with Crippen LogP contribution in [0.25, 0.3) is 0 Å². The fraction of sp³-hybridized carbons (Fsp3) is 0.619. The molecule has 0 spiro atoms. The number of rotatable bonds is 10. The number of aliphatic hydroxyl groups excluding tert-OH is 1. The third-order valence-electron chi connectivity index (χ3n) is 5.58. The molecule has 1 aliphatic heterocycles. The van der Waals surface area contributed by atoms with E-state index in [-0.39, 0.29) is 18.2 Å². The van der Waals surface area contributed by atoms with Crippen LogP contribution >= 0.6 is 0 Å². The second-order valence-electron chi connectivity index (χ2n) is 7.82. The Balaban J connectivity index is 2.25. The summed E-state index contributed by atoms with van der Waals surface area (Å²) in [6.07, 6.45) is 0.914. The summed E-state index contributed by atoms with van der Waals surface area (Å²) in [5, 5.41) is 31.9. The molecule has 1 saturated heterocycles. The van der Waals surface area contributed by atoms with Gasteiger partial charge >= 0.3 is 5.97 Å². The van der Waals surface area contributed by atoms with Gasteiger partial charge in [-0.25, -0.2) is 4.79 Å². The second-order valence-corrected chi connectivity index (χ2v) is 7.82. The fourth-order valence-corrected chi connectivity index (χ4v) is 3.64. The number of hydrogen-bond acceptors (Lipinski definition) is 7. The first-order valence-electron chi connectivity index (χ1n) is 10.3. The summed E-state index contributed by atoms with van der Waals surface area (Å²) in [4.78, 5) is 26.5. The minimum atomic E-state index is -1.02. The van der Waals surface area contributed by atoms with Crippen LogP contribution in [-0.2, 0) is 20.7 Å². The third kappa shape index (κ3) is 6.40. The smallest absolute Gasteiger partial charge is 0.326 e. The van der Waals surface area contributed by atoms with Gasteiger partial charge in [-0.2, -0.15) is 0 Å². The molecule has 1 aromatic rings. The molecular formula is C21H33N3O6. The Morgan fingerprint density at radius 2 is 1.97 bits per heavy atom. The van der Waals surface area contributed by atoms with Gasteiger partial charge in [0.05, 0.1) is 12.2 Å². The van der Waals surface area contributed by atoms with Crippen LogP contribution in [0.1, 0.15) is 31.7 Å². The molecule has 0 saturated carbocycles. The summed E-state index contributed by atoms with van der Waals surface area (Å²) in [7, 11) is 1.49. The van der Waals surface area contributed by atoms with Crippen LogP contribution in [0.3, 0.4) is 0 Å². The van der Waals surface area contributed by atoms with Crippen molar-refractivity contribution in [1.82, 2.24) is 10.2 Å². The van der Waals surface area contributed by atoms with Gasteiger partial charge in [0.15, 0.2) is 0 Å². The van der Waals surface area contributed by atoms with E-state index in [1.807, 2.05) is 0 Å². The number of amides is 1. The molecule has 9 heteroatoms. The Morgan fingerprint density at radius 3 is 2.53 bits per heavy atom. The van der Waals surface area contributed by atoms with Crippen molar-refractivity contribution in [3.05, 3.63) is 29.8 Å². The fourth-order valence-electron chi connectivity index (χ4n) is 3.64. The molecule has 2 unspecified atom stereocenters. The first-order chi connectivity index (χ1) is 14.2. The number of hydrogen-bond donors (Lipinski definition) is 5. The van der Waals surface area contributed by atoms with Gasteiger partial charge in [0.1, 0.15) is 17.8 Å². The number of benzene rings is 1. The van der Waals surface area contributed by atoms with Crippen molar-refractivity contribution in [2.24, 2.45) is 5.73 Å². The van der Waals surface area contributed by atoms with E-state index in [2.05, 4.69) is 5.32 Å². The van der Waals surface area contributed by atoms with Crippen molar-refractivity contribution >= 4 is 11.9 Å². The number of piperidine rings is 1. The summed E-state index contributed by atoms with van der Waals surface area (Å²) >= 11 is 0. The Labute approximate surface area is 176 Å². The summed E-state index contributed by atoms with van der Waals surface area (Å²) < 4.78 is 5.62. The number of nitrogens with zero attached hydrogens (tertiary/aromatic N) is 1. The van der Waals surface area contributed by atoms with E-state index in [0.717, 1.165) is 18.4 Å². The van der Waals surface area contributed by atoms with Crippen LogP contribution < -0.4 is 11.1 Å². The highest BCUT2D eigenvalue weighted by Crippen LogP contribution is 2.21. The zero-order chi connectivity index (χ0) is 22.3. The molecule has 5 atom stereocenters. The largest absolute Gasteiger partial charge is 0.508 e. The van der Waals surface area contributed by atoms with E-state index >= 15 is 0 Å². The molecule has 9 nitrogen and oxygen atoms in total. The van der Waals surface area contributed by atoms with E-state index in [1.54, 1.807) is 31.2 Å². The molecule has 0 radical (unpaired) electrons. The number of nitrogens with one attached hydrogen (secondary N) is 1. The maximum Gasteiger partial charge on any atom is 0.326 e. The van der Waals surface area contributed by atoms with Gasteiger partial charge in [0, 0.05) is 32.7 Å². The number of likely N-dealkylation sites (tertiary alicyclic amines) is 1. The van der Waals surface area contributed by atoms with Crippen LogP contribution in [0.15, 0.2) is 24.3 Å². The van der Waals surface area contributed by atoms with Crippen LogP contribution in [0.2, 0.25) is 0 Å². The number of carbonyl (C=O) groups excluding carboxylic acids is 1. The number of phenols is 1. The second kappa shape index (κ2) is 11.3. The van der Waals surface area contributed by atoms with Crippen molar-refractivity contribution in [1.29, 1.82) is 0 Å². The lowest BCUT2D eigenvalue weighted by Gasteiger charge is -2.38. The number of carboxylic acid groups (broad SMARTS) is 1. The average molecular weight is 424 g/mol. The third-order valence-corrected chi connectivity index (χ3v) is 5.58. The van der Waals surface area contributed by atoms with Crippen LogP contribution in [0.4, 0.5) is 0 Å². The van der Waals surface area contributed by atoms with Crippen LogP contribution in [-0.4, -0.2) is 82.6 Å². The lowest BCUT2D eigenvalue weighted by Crippen LogP contribution is -2.60. The number of aliphatic hydroxyl groups is 1. The minimum absolute atomic E-state index is 0.138. The standard InChI is InChI=1S/C21H33N3O6/c1-13(25)16(22)12-23-19(18(30-2)11-14-6-8-15(26)9-7-14)20(27)24-10-4-3-5-17(24)21(28)29/h6-9,13,16-19,23,25-26H,3-5,10-12,22H2,1-2H3,(H,28,29)/t13-,16-,17+,18?,19?/m1/s1. The van der Waals surface area contributed by atoms with Crippen molar-refractivity contribution in [2.75, 3.05) is 20.2 Å². The van der Waals surface area contributed by atoms with E-state index in [9.17, 15) is 24.9 Å². The number of aromatic hydroxyl groups is 1. The molecule has 1 fully saturated rings. The van der Waals surface area contributed by atoms with Gasteiger partial charge < -0.3 is 36.0 Å². The molecule has 168 valence electrons. The van der Waals surface area contributed by atoms with Crippen molar-refractivity contribution in [2.45, 2.75) is 62.9 Å². The highest BCUT2D eigenvalue weighted by Gasteiger charge is 2.38. The van der Waals surface area contributed by atoms with Crippen molar-refractivity contribution < 1.29 is 29.6 Å². The monoisotopic (exact) mass is 423 g/mol. The van der Waals surface area contributed by atoms with Crippen molar-refractivity contribution in [3.63, 3.8) is 0 Å². The highest BCUT2D eigenvalue weighted by atomic mass is 16.5. The Bertz CT molecular complexity index is 696. The molecule has 1 amide bonds. The number of aliphatic carboxylic acids is 1. The van der Waals surface area contributed by atoms with E-state index < -0.39 is 36.3 Å². The SMILES string of the molecule is COC(Cc1ccc(O)cc1)C(NC[C@@H](N)[C@@H](C)O)C(=O)N1CCCC[C@H]1C(=O)O. The van der Waals surface area contributed by atoms with Gasteiger partial charge in [-0.05, 0) is 43.9 Å². The zero-order valence-corrected chi connectivity index (χ0v) is 17.5. The van der Waals surface area contributed by atoms with Gasteiger partial charge in [-0.1, -0.05) is 12.1 Å². The van der Waals surface area contributed by atoms with Crippen LogP contribution in [0.5, 0.6) is 5.75 Å². The lowest BCUT2D eigenvalue weighted by atomic mass is 9.96. The predicted octanol–water partition coefficient (Wildman–Crippen LogP) is 0.0817. The number of phenolic OH excluding ortho intramolecular Hbond substituents is 1. The summed E-state index contributed by atoms with van der Waals surface area (Å²) in [6, 6.07) is 4.29. The summed E-state index contributed by atoms with van der Waals surface area (Å²) in [5.41, 5.74) is 6.78. The maximum absolute atomic E-state index is 13.4. The molecule has 0 aromatic heterocycles. The van der Waals surface area contributed by atoms with Crippen molar-refractivity contribution in [3.8, 4) is 5.75 Å². The number of carboxylic acids is 1. The molecule has 6 N–H and O–H groups in total. The molecule has 1 aromatic carbocycles. The average Bonchev–Trinajstić information content (AvgIpc) is 2.73. The summed E-state index contributed by atoms with van der Waals surface area (Å²) in [5.74, 6) is -1.24. The molecule has 2 rings (SSSR count). The first kappa shape index (κ1) is 24.1. The lowest BCUT2D eigenvalue weighted by molar-refractivity contribution is -0.154. The van der Waals surface area contributed by atoms with E-state index in [0.29, 0.717) is 19.4 Å². The normalized spacial score (nSPS) is 20.9. The quantitative estimate of drug-likeness (QED) is 0.356. The Kier molecular flexibility index (Phi) is 9.04. The first-order valence-corrected chi connectivity index (χ1v) is 10.3. The van der Waals surface area contributed by atoms with Gasteiger partial charge in [-0.3, -0.25) is 4.79 Å². The Morgan fingerprint density at radius 1 is 1.30 bits per heavy atom. The molecule has 0 bridgehead atoms. The van der Waals surface area contributed by atoms with Gasteiger partial charge in [0.25, 0.3) is 0 Å². The van der Waals surface area contributed by atoms with Crippen LogP contribution in [0, 0.1) is 0 Å². The summed E-state index contributed by atoms with van der Waals surface area (Å²) in [6.45, 7) is 2.10. The Hall–Kier alpha value is -2.20. The number of nitrogens with two attached hydrogens (primary N) is 1. The van der Waals surface area contributed by atoms with Gasteiger partial charge in [0.2, 0.25) is 5.91 Å². The molecular weight excluding hydrogens is 390 g/mol. The molecule has 30 heavy (non-hydrogen) atoms. The number of ether oxygens (including phenoxy) is 1. The number of carbonyl (C=O) groups is 2. The topological polar surface area (TPSA) is 145 Å². The zero-order valence-electron chi connectivity index (χ0n) is 17.5. The van der Waals surface area contributed by atoms with Gasteiger partial charge in [-0.15, -0.1) is 0 Å². The predicted molar refractivity (Wildman–Crippen MR) is 111 cm³/mol. The van der Waals surface area contributed by atoms with E-state index in [1.165, 1.54) is 12.0 Å². The molecule has 0 aliphatic carbocycles.